The Labute approximate surface area is 124 Å². The lowest BCUT2D eigenvalue weighted by molar-refractivity contribution is -0.385. The number of nitro groups is 1. The van der Waals surface area contributed by atoms with Crippen molar-refractivity contribution in [3.05, 3.63) is 33.9 Å². The van der Waals surface area contributed by atoms with Crippen LogP contribution < -0.4 is 4.72 Å². The van der Waals surface area contributed by atoms with Gasteiger partial charge in [-0.05, 0) is 20.2 Å². The lowest BCUT2D eigenvalue weighted by Gasteiger charge is -2.12. The highest BCUT2D eigenvalue weighted by Gasteiger charge is 2.34. The summed E-state index contributed by atoms with van der Waals surface area (Å²) in [5.41, 5.74) is -2.34. The maximum absolute atomic E-state index is 12.7. The lowest BCUT2D eigenvalue weighted by atomic mass is 10.2. The van der Waals surface area contributed by atoms with Gasteiger partial charge in [0.05, 0.1) is 15.4 Å². The monoisotopic (exact) mass is 341 g/mol. The summed E-state index contributed by atoms with van der Waals surface area (Å²) in [5.74, 6) is 0. The quantitative estimate of drug-likeness (QED) is 0.624. The van der Waals surface area contributed by atoms with E-state index in [1.807, 2.05) is 0 Å². The summed E-state index contributed by atoms with van der Waals surface area (Å²) in [6.07, 6.45) is -4.89. The summed E-state index contributed by atoms with van der Waals surface area (Å²) in [7, 11) is -0.908. The molecule has 0 spiro atoms. The summed E-state index contributed by atoms with van der Waals surface area (Å²) in [4.78, 5) is 10.5. The number of hydrogen-bond donors (Lipinski definition) is 1. The molecule has 0 aliphatic heterocycles. The van der Waals surface area contributed by atoms with Crippen LogP contribution in [0, 0.1) is 10.1 Å². The highest BCUT2D eigenvalue weighted by atomic mass is 32.2. The molecule has 0 unspecified atom stereocenters. The number of nitro benzene ring substituents is 1. The average molecular weight is 341 g/mol. The van der Waals surface area contributed by atoms with Crippen molar-refractivity contribution in [1.29, 1.82) is 0 Å². The van der Waals surface area contributed by atoms with E-state index in [0.29, 0.717) is 24.7 Å². The van der Waals surface area contributed by atoms with E-state index in [1.54, 1.807) is 19.0 Å². The molecule has 1 aromatic carbocycles. The van der Waals surface area contributed by atoms with E-state index in [9.17, 15) is 31.7 Å². The predicted octanol–water partition coefficient (Wildman–Crippen LogP) is 1.45. The number of alkyl halides is 3. The Morgan fingerprint density at radius 2 is 1.86 bits per heavy atom. The van der Waals surface area contributed by atoms with Gasteiger partial charge in [0.1, 0.15) is 0 Å². The molecule has 0 heterocycles. The number of non-ortho nitro benzene ring substituents is 1. The largest absolute Gasteiger partial charge is 0.416 e. The summed E-state index contributed by atoms with van der Waals surface area (Å²) >= 11 is 0. The number of benzene rings is 1. The Balaban J connectivity index is 3.22. The van der Waals surface area contributed by atoms with E-state index in [-0.39, 0.29) is 6.54 Å². The number of nitrogens with one attached hydrogen (secondary N) is 1. The van der Waals surface area contributed by atoms with Crippen LogP contribution in [0.2, 0.25) is 0 Å². The van der Waals surface area contributed by atoms with E-state index in [0.717, 1.165) is 0 Å². The number of likely N-dealkylation sites (N-methyl/N-ethyl adjacent to an activating group) is 1. The van der Waals surface area contributed by atoms with Crippen LogP contribution >= 0.6 is 0 Å². The first-order valence-corrected chi connectivity index (χ1v) is 7.43. The van der Waals surface area contributed by atoms with Crippen LogP contribution in [0.25, 0.3) is 0 Å². The van der Waals surface area contributed by atoms with Gasteiger partial charge in [0.15, 0.2) is 0 Å². The smallest absolute Gasteiger partial charge is 0.308 e. The van der Waals surface area contributed by atoms with Gasteiger partial charge < -0.3 is 4.90 Å². The number of halogens is 3. The van der Waals surface area contributed by atoms with Crippen molar-refractivity contribution in [2.75, 3.05) is 27.2 Å². The fourth-order valence-electron chi connectivity index (χ4n) is 1.49. The molecule has 1 aromatic rings. The van der Waals surface area contributed by atoms with Crippen molar-refractivity contribution in [1.82, 2.24) is 9.62 Å². The van der Waals surface area contributed by atoms with Crippen LogP contribution in [0.3, 0.4) is 0 Å². The van der Waals surface area contributed by atoms with Crippen molar-refractivity contribution in [3.63, 3.8) is 0 Å². The zero-order chi connectivity index (χ0) is 17.1. The zero-order valence-electron chi connectivity index (χ0n) is 11.7. The number of sulfonamides is 1. The van der Waals surface area contributed by atoms with Crippen LogP contribution in [0.4, 0.5) is 18.9 Å². The normalized spacial score (nSPS) is 12.6. The van der Waals surface area contributed by atoms with E-state index < -0.39 is 37.3 Å². The molecule has 124 valence electrons. The molecule has 7 nitrogen and oxygen atoms in total. The molecule has 0 saturated carbocycles. The van der Waals surface area contributed by atoms with Crippen molar-refractivity contribution >= 4 is 15.7 Å². The summed E-state index contributed by atoms with van der Waals surface area (Å²) in [5, 5.41) is 10.7. The maximum atomic E-state index is 12.7. The van der Waals surface area contributed by atoms with Gasteiger partial charge in [-0.15, -0.1) is 0 Å². The summed E-state index contributed by atoms with van der Waals surface area (Å²) < 4.78 is 64.1. The number of rotatable bonds is 6. The van der Waals surface area contributed by atoms with Crippen molar-refractivity contribution in [2.24, 2.45) is 0 Å². The molecule has 1 rings (SSSR count). The molecule has 0 aliphatic carbocycles. The van der Waals surface area contributed by atoms with Gasteiger partial charge in [-0.25, -0.2) is 13.1 Å². The molecule has 0 fully saturated rings. The van der Waals surface area contributed by atoms with Crippen LogP contribution in [0.5, 0.6) is 0 Å². The third kappa shape index (κ3) is 4.93. The molecule has 22 heavy (non-hydrogen) atoms. The molecule has 1 N–H and O–H groups in total. The molecule has 0 amide bonds. The van der Waals surface area contributed by atoms with Crippen molar-refractivity contribution < 1.29 is 26.5 Å². The maximum Gasteiger partial charge on any atom is 0.416 e. The lowest BCUT2D eigenvalue weighted by Crippen LogP contribution is -2.31. The predicted molar refractivity (Wildman–Crippen MR) is 71.8 cm³/mol. The Hall–Kier alpha value is -1.72. The minimum atomic E-state index is -4.89. The zero-order valence-corrected chi connectivity index (χ0v) is 12.5. The SMILES string of the molecule is CN(C)CCNS(=O)(=O)c1cc([N+](=O)[O-])cc(C(F)(F)F)c1. The Kier molecular flexibility index (Phi) is 5.49. The Bertz CT molecular complexity index is 659. The van der Waals surface area contributed by atoms with Gasteiger partial charge in [-0.1, -0.05) is 0 Å². The molecule has 0 bridgehead atoms. The Morgan fingerprint density at radius 3 is 2.32 bits per heavy atom. The van der Waals surface area contributed by atoms with Crippen LogP contribution in [-0.2, 0) is 16.2 Å². The first kappa shape index (κ1) is 18.3. The highest BCUT2D eigenvalue weighted by molar-refractivity contribution is 7.89. The van der Waals surface area contributed by atoms with Gasteiger partial charge in [0, 0.05) is 25.2 Å². The van der Waals surface area contributed by atoms with E-state index in [1.165, 1.54) is 0 Å². The standard InChI is InChI=1S/C11H14F3N3O4S/c1-16(2)4-3-15-22(20,21)10-6-8(11(12,13)14)5-9(7-10)17(18)19/h5-7,15H,3-4H2,1-2H3. The molecule has 0 saturated heterocycles. The molecular weight excluding hydrogens is 327 g/mol. The molecule has 0 aromatic heterocycles. The molecular formula is C11H14F3N3O4S. The third-order valence-corrected chi connectivity index (χ3v) is 4.03. The number of hydrogen-bond acceptors (Lipinski definition) is 5. The minimum absolute atomic E-state index is 0.0423. The van der Waals surface area contributed by atoms with Crippen molar-refractivity contribution in [2.45, 2.75) is 11.1 Å². The van der Waals surface area contributed by atoms with Crippen molar-refractivity contribution in [3.8, 4) is 0 Å². The fraction of sp³-hybridized carbons (Fsp3) is 0.455. The van der Waals surface area contributed by atoms with Gasteiger partial charge in [0.25, 0.3) is 5.69 Å². The second-order valence-corrected chi connectivity index (χ2v) is 6.44. The van der Waals surface area contributed by atoms with E-state index in [4.69, 9.17) is 0 Å². The summed E-state index contributed by atoms with van der Waals surface area (Å²) in [6, 6.07) is 1.25. The fourth-order valence-corrected chi connectivity index (χ4v) is 2.58. The molecule has 0 atom stereocenters. The second kappa shape index (κ2) is 6.58. The van der Waals surface area contributed by atoms with Crippen LogP contribution in [0.15, 0.2) is 23.1 Å². The van der Waals surface area contributed by atoms with Gasteiger partial charge in [-0.2, -0.15) is 13.2 Å². The molecule has 0 aliphatic rings. The highest BCUT2D eigenvalue weighted by Crippen LogP contribution is 2.33. The number of nitrogens with zero attached hydrogens (tertiary/aromatic N) is 2. The van der Waals surface area contributed by atoms with E-state index in [2.05, 4.69) is 4.72 Å². The summed E-state index contributed by atoms with van der Waals surface area (Å²) in [6.45, 7) is 0.277. The topological polar surface area (TPSA) is 92.6 Å². The first-order valence-electron chi connectivity index (χ1n) is 5.94. The minimum Gasteiger partial charge on any atom is -0.308 e. The Morgan fingerprint density at radius 1 is 1.27 bits per heavy atom. The van der Waals surface area contributed by atoms with Crippen LogP contribution in [0.1, 0.15) is 5.56 Å². The molecule has 11 heteroatoms. The average Bonchev–Trinajstić information content (AvgIpc) is 2.36. The van der Waals surface area contributed by atoms with Gasteiger partial charge in [-0.3, -0.25) is 10.1 Å². The third-order valence-electron chi connectivity index (χ3n) is 2.59. The second-order valence-electron chi connectivity index (χ2n) is 4.67. The first-order chi connectivity index (χ1) is 9.93. The van der Waals surface area contributed by atoms with Gasteiger partial charge in [0.2, 0.25) is 10.0 Å². The van der Waals surface area contributed by atoms with Gasteiger partial charge >= 0.3 is 6.18 Å². The van der Waals surface area contributed by atoms with Crippen LogP contribution in [-0.4, -0.2) is 45.4 Å². The van der Waals surface area contributed by atoms with E-state index >= 15 is 0 Å². The molecule has 0 radical (unpaired) electrons.